The summed E-state index contributed by atoms with van der Waals surface area (Å²) in [6.45, 7) is 3.33. The Balaban J connectivity index is 1.63. The normalized spacial score (nSPS) is 43.9. The van der Waals surface area contributed by atoms with Crippen LogP contribution in [0.3, 0.4) is 0 Å². The fraction of sp³-hybridized carbons (Fsp3) is 1.00. The summed E-state index contributed by atoms with van der Waals surface area (Å²) in [4.78, 5) is 2.50. The maximum atomic E-state index is 5.88. The molecule has 2 aliphatic heterocycles. The van der Waals surface area contributed by atoms with Crippen molar-refractivity contribution in [1.82, 2.24) is 4.90 Å². The fourth-order valence-corrected chi connectivity index (χ4v) is 2.48. The molecule has 14 heavy (non-hydrogen) atoms. The van der Waals surface area contributed by atoms with Crippen LogP contribution in [0, 0.1) is 0 Å². The van der Waals surface area contributed by atoms with E-state index in [0.717, 1.165) is 25.6 Å². The summed E-state index contributed by atoms with van der Waals surface area (Å²) in [6.07, 6.45) is 3.85. The van der Waals surface area contributed by atoms with Crippen molar-refractivity contribution in [2.75, 3.05) is 26.2 Å². The summed E-state index contributed by atoms with van der Waals surface area (Å²) in [6, 6.07) is 0.818. The maximum absolute atomic E-state index is 5.88. The monoisotopic (exact) mass is 198 g/mol. The van der Waals surface area contributed by atoms with E-state index >= 15 is 0 Å². The molecule has 3 aliphatic rings. The second-order valence-electron chi connectivity index (χ2n) is 4.65. The van der Waals surface area contributed by atoms with Gasteiger partial charge in [-0.15, -0.1) is 0 Å². The molecule has 0 aromatic carbocycles. The van der Waals surface area contributed by atoms with Gasteiger partial charge in [-0.1, -0.05) is 0 Å². The van der Waals surface area contributed by atoms with Gasteiger partial charge in [-0.05, 0) is 12.8 Å². The van der Waals surface area contributed by atoms with Crippen molar-refractivity contribution in [3.05, 3.63) is 0 Å². The third kappa shape index (κ3) is 1.46. The van der Waals surface area contributed by atoms with E-state index < -0.39 is 0 Å². The Bertz CT molecular complexity index is 232. The zero-order valence-electron chi connectivity index (χ0n) is 8.45. The molecule has 0 amide bonds. The predicted molar refractivity (Wildman–Crippen MR) is 51.8 cm³/mol. The van der Waals surface area contributed by atoms with Crippen LogP contribution in [-0.2, 0) is 9.47 Å². The number of nitrogens with zero attached hydrogens (tertiary/aromatic N) is 1. The molecule has 3 fully saturated rings. The smallest absolute Gasteiger partial charge is 0.182 e. The number of hydrogen-bond acceptors (Lipinski definition) is 4. The van der Waals surface area contributed by atoms with Crippen LogP contribution in [-0.4, -0.2) is 49.1 Å². The van der Waals surface area contributed by atoms with Crippen molar-refractivity contribution in [3.63, 3.8) is 0 Å². The first-order valence-corrected chi connectivity index (χ1v) is 5.57. The molecule has 1 aliphatic carbocycles. The van der Waals surface area contributed by atoms with Gasteiger partial charge in [0.2, 0.25) is 0 Å². The molecule has 2 saturated heterocycles. The third-order valence-corrected chi connectivity index (χ3v) is 3.46. The molecule has 3 rings (SSSR count). The fourth-order valence-electron chi connectivity index (χ4n) is 2.48. The summed E-state index contributed by atoms with van der Waals surface area (Å²) in [7, 11) is 0. The summed E-state index contributed by atoms with van der Waals surface area (Å²) >= 11 is 0. The lowest BCUT2D eigenvalue weighted by Crippen LogP contribution is -2.36. The minimum absolute atomic E-state index is 0.120. The average molecular weight is 198 g/mol. The molecule has 80 valence electrons. The molecule has 0 radical (unpaired) electrons. The van der Waals surface area contributed by atoms with Gasteiger partial charge in [-0.25, -0.2) is 0 Å². The van der Waals surface area contributed by atoms with Gasteiger partial charge in [0.25, 0.3) is 0 Å². The molecule has 2 N–H and O–H groups in total. The van der Waals surface area contributed by atoms with E-state index in [4.69, 9.17) is 15.2 Å². The van der Waals surface area contributed by atoms with E-state index in [1.807, 2.05) is 0 Å². The van der Waals surface area contributed by atoms with Crippen LogP contribution in [0.25, 0.3) is 0 Å². The Labute approximate surface area is 84.3 Å². The zero-order chi connectivity index (χ0) is 9.60. The number of likely N-dealkylation sites (tertiary alicyclic amines) is 1. The second kappa shape index (κ2) is 3.17. The standard InChI is InChI=1S/C10H18N2O2/c11-5-9-6-13-10(14-9)3-4-12(7-10)8-1-2-8/h8-9H,1-7,11H2. The molecule has 2 heterocycles. The molecular weight excluding hydrogens is 180 g/mol. The zero-order valence-corrected chi connectivity index (χ0v) is 8.45. The molecular formula is C10H18N2O2. The Morgan fingerprint density at radius 2 is 2.29 bits per heavy atom. The summed E-state index contributed by atoms with van der Waals surface area (Å²) in [5, 5.41) is 0. The Morgan fingerprint density at radius 1 is 1.43 bits per heavy atom. The Morgan fingerprint density at radius 3 is 2.93 bits per heavy atom. The van der Waals surface area contributed by atoms with E-state index in [-0.39, 0.29) is 11.9 Å². The predicted octanol–water partition coefficient (Wildman–Crippen LogP) is -0.0751. The molecule has 0 aromatic rings. The second-order valence-corrected chi connectivity index (χ2v) is 4.65. The molecule has 0 aromatic heterocycles. The van der Waals surface area contributed by atoms with Crippen molar-refractivity contribution in [2.24, 2.45) is 5.73 Å². The van der Waals surface area contributed by atoms with Crippen LogP contribution in [0.5, 0.6) is 0 Å². The third-order valence-electron chi connectivity index (χ3n) is 3.46. The summed E-state index contributed by atoms with van der Waals surface area (Å²) < 4.78 is 11.6. The molecule has 4 nitrogen and oxygen atoms in total. The van der Waals surface area contributed by atoms with E-state index in [1.165, 1.54) is 12.8 Å². The van der Waals surface area contributed by atoms with Gasteiger partial charge < -0.3 is 15.2 Å². The lowest BCUT2D eigenvalue weighted by Gasteiger charge is -2.23. The minimum Gasteiger partial charge on any atom is -0.346 e. The first kappa shape index (κ1) is 9.09. The van der Waals surface area contributed by atoms with Gasteiger partial charge in [0.15, 0.2) is 5.79 Å². The molecule has 0 bridgehead atoms. The van der Waals surface area contributed by atoms with E-state index in [9.17, 15) is 0 Å². The quantitative estimate of drug-likeness (QED) is 0.674. The molecule has 1 saturated carbocycles. The molecule has 2 unspecified atom stereocenters. The number of nitrogens with two attached hydrogens (primary N) is 1. The highest BCUT2D eigenvalue weighted by atomic mass is 16.7. The van der Waals surface area contributed by atoms with E-state index in [0.29, 0.717) is 13.2 Å². The van der Waals surface area contributed by atoms with Crippen LogP contribution in [0.2, 0.25) is 0 Å². The first-order valence-electron chi connectivity index (χ1n) is 5.57. The number of hydrogen-bond donors (Lipinski definition) is 1. The van der Waals surface area contributed by atoms with E-state index in [1.54, 1.807) is 0 Å². The van der Waals surface area contributed by atoms with Crippen LogP contribution >= 0.6 is 0 Å². The minimum atomic E-state index is -0.299. The number of rotatable bonds is 2. The number of ether oxygens (including phenoxy) is 2. The highest BCUT2D eigenvalue weighted by Gasteiger charge is 2.49. The molecule has 1 spiro atoms. The Hall–Kier alpha value is -0.160. The van der Waals surface area contributed by atoms with Crippen molar-refractivity contribution < 1.29 is 9.47 Å². The molecule has 4 heteroatoms. The lowest BCUT2D eigenvalue weighted by atomic mass is 10.2. The SMILES string of the molecule is NCC1COC2(CCN(C3CC3)C2)O1. The van der Waals surface area contributed by atoms with Crippen LogP contribution in [0.1, 0.15) is 19.3 Å². The van der Waals surface area contributed by atoms with Crippen LogP contribution in [0.15, 0.2) is 0 Å². The summed E-state index contributed by atoms with van der Waals surface area (Å²) in [5.41, 5.74) is 5.57. The van der Waals surface area contributed by atoms with Gasteiger partial charge in [-0.3, -0.25) is 4.90 Å². The van der Waals surface area contributed by atoms with Crippen molar-refractivity contribution in [2.45, 2.75) is 37.2 Å². The van der Waals surface area contributed by atoms with Crippen molar-refractivity contribution in [1.29, 1.82) is 0 Å². The van der Waals surface area contributed by atoms with Crippen LogP contribution in [0.4, 0.5) is 0 Å². The summed E-state index contributed by atoms with van der Waals surface area (Å²) in [5.74, 6) is -0.299. The van der Waals surface area contributed by atoms with Crippen molar-refractivity contribution >= 4 is 0 Å². The van der Waals surface area contributed by atoms with Crippen LogP contribution < -0.4 is 5.73 Å². The van der Waals surface area contributed by atoms with Gasteiger partial charge in [0, 0.05) is 25.6 Å². The highest BCUT2D eigenvalue weighted by molar-refractivity contribution is 4.95. The van der Waals surface area contributed by atoms with Gasteiger partial charge in [0.1, 0.15) is 0 Å². The van der Waals surface area contributed by atoms with E-state index in [2.05, 4.69) is 4.90 Å². The topological polar surface area (TPSA) is 47.7 Å². The maximum Gasteiger partial charge on any atom is 0.182 e. The average Bonchev–Trinajstić information content (AvgIpc) is 2.87. The Kier molecular flexibility index (Phi) is 2.06. The first-order chi connectivity index (χ1) is 6.81. The molecule has 2 atom stereocenters. The van der Waals surface area contributed by atoms with Crippen molar-refractivity contribution in [3.8, 4) is 0 Å². The van der Waals surface area contributed by atoms with Gasteiger partial charge >= 0.3 is 0 Å². The van der Waals surface area contributed by atoms with Gasteiger partial charge in [0.05, 0.1) is 19.3 Å². The highest BCUT2D eigenvalue weighted by Crippen LogP contribution is 2.38. The van der Waals surface area contributed by atoms with Gasteiger partial charge in [-0.2, -0.15) is 0 Å². The largest absolute Gasteiger partial charge is 0.346 e. The lowest BCUT2D eigenvalue weighted by molar-refractivity contribution is -0.156.